The van der Waals surface area contributed by atoms with Crippen LogP contribution in [-0.4, -0.2) is 19.2 Å². The summed E-state index contributed by atoms with van der Waals surface area (Å²) in [6, 6.07) is 9.52. The summed E-state index contributed by atoms with van der Waals surface area (Å²) in [6.07, 6.45) is -5.45. The molecule has 0 radical (unpaired) electrons. The number of nitrogens with zero attached hydrogens (tertiary/aromatic N) is 1. The molecule has 1 N–H and O–H groups in total. The average molecular weight is 330 g/mol. The highest BCUT2D eigenvalue weighted by Crippen LogP contribution is 2.34. The van der Waals surface area contributed by atoms with Crippen molar-refractivity contribution in [2.45, 2.75) is 12.3 Å². The van der Waals surface area contributed by atoms with E-state index in [4.69, 9.17) is 11.6 Å². The fourth-order valence-electron chi connectivity index (χ4n) is 2.19. The van der Waals surface area contributed by atoms with Crippen LogP contribution in [0.4, 0.5) is 18.9 Å². The number of aliphatic hydroxyl groups excluding tert-OH is 1. The van der Waals surface area contributed by atoms with Gasteiger partial charge < -0.3 is 10.0 Å². The smallest absolute Gasteiger partial charge is 0.384 e. The molecule has 6 heteroatoms. The Morgan fingerprint density at radius 1 is 1.05 bits per heavy atom. The molecule has 2 aromatic rings. The van der Waals surface area contributed by atoms with Crippen LogP contribution in [0.2, 0.25) is 5.02 Å². The zero-order chi connectivity index (χ0) is 16.5. The van der Waals surface area contributed by atoms with Crippen molar-refractivity contribution in [3.05, 3.63) is 64.2 Å². The summed E-state index contributed by atoms with van der Waals surface area (Å²) in [5, 5.41) is 10.9. The van der Waals surface area contributed by atoms with Crippen molar-refractivity contribution in [3.8, 4) is 0 Å². The van der Waals surface area contributed by atoms with Crippen molar-refractivity contribution >= 4 is 17.3 Å². The van der Waals surface area contributed by atoms with Crippen LogP contribution < -0.4 is 4.90 Å². The van der Waals surface area contributed by atoms with E-state index >= 15 is 0 Å². The van der Waals surface area contributed by atoms with Gasteiger partial charge in [-0.3, -0.25) is 0 Å². The second-order valence-electron chi connectivity index (χ2n) is 5.12. The Kier molecular flexibility index (Phi) is 4.68. The van der Waals surface area contributed by atoms with Crippen molar-refractivity contribution in [2.75, 3.05) is 19.0 Å². The molecule has 2 nitrogen and oxygen atoms in total. The van der Waals surface area contributed by atoms with Crippen LogP contribution in [0.25, 0.3) is 0 Å². The summed E-state index contributed by atoms with van der Waals surface area (Å²) in [7, 11) is 3.62. The molecule has 2 aromatic carbocycles. The molecule has 0 saturated heterocycles. The minimum Gasteiger partial charge on any atom is -0.384 e. The summed E-state index contributed by atoms with van der Waals surface area (Å²) in [6.45, 7) is 0. The van der Waals surface area contributed by atoms with Gasteiger partial charge in [0.1, 0.15) is 6.10 Å². The van der Waals surface area contributed by atoms with Crippen LogP contribution in [0.5, 0.6) is 0 Å². The van der Waals surface area contributed by atoms with Crippen LogP contribution in [0, 0.1) is 0 Å². The fraction of sp³-hybridized carbons (Fsp3) is 0.250. The molecule has 1 unspecified atom stereocenters. The standard InChI is InChI=1S/C16H15ClF3NO/c1-21(2)14-8-7-12(17)9-13(14)15(22)10-3-5-11(6-4-10)16(18,19)20/h3-9,15,22H,1-2H3. The molecule has 0 aliphatic rings. The fourth-order valence-corrected chi connectivity index (χ4v) is 2.37. The van der Waals surface area contributed by atoms with E-state index in [9.17, 15) is 18.3 Å². The van der Waals surface area contributed by atoms with Crippen LogP contribution in [0.1, 0.15) is 22.8 Å². The van der Waals surface area contributed by atoms with Crippen molar-refractivity contribution < 1.29 is 18.3 Å². The van der Waals surface area contributed by atoms with Crippen LogP contribution >= 0.6 is 11.6 Å². The Balaban J connectivity index is 2.40. The number of anilines is 1. The third-order valence-electron chi connectivity index (χ3n) is 3.32. The second kappa shape index (κ2) is 6.18. The summed E-state index contributed by atoms with van der Waals surface area (Å²) in [4.78, 5) is 1.80. The maximum absolute atomic E-state index is 12.6. The number of benzene rings is 2. The van der Waals surface area contributed by atoms with Crippen molar-refractivity contribution in [3.63, 3.8) is 0 Å². The minimum atomic E-state index is -4.39. The number of hydrogen-bond acceptors (Lipinski definition) is 2. The highest BCUT2D eigenvalue weighted by Gasteiger charge is 2.30. The number of rotatable bonds is 3. The van der Waals surface area contributed by atoms with E-state index in [-0.39, 0.29) is 0 Å². The van der Waals surface area contributed by atoms with Gasteiger partial charge in [0, 0.05) is 30.4 Å². The highest BCUT2D eigenvalue weighted by atomic mass is 35.5. The van der Waals surface area contributed by atoms with E-state index in [1.165, 1.54) is 12.1 Å². The molecule has 0 saturated carbocycles. The first-order valence-electron chi connectivity index (χ1n) is 6.52. The van der Waals surface area contributed by atoms with E-state index in [0.717, 1.165) is 17.8 Å². The lowest BCUT2D eigenvalue weighted by Crippen LogP contribution is -2.14. The number of alkyl halides is 3. The first kappa shape index (κ1) is 16.6. The molecule has 0 aliphatic carbocycles. The average Bonchev–Trinajstić information content (AvgIpc) is 2.45. The summed E-state index contributed by atoms with van der Waals surface area (Å²) >= 11 is 5.96. The maximum atomic E-state index is 12.6. The monoisotopic (exact) mass is 329 g/mol. The molecule has 0 fully saturated rings. The topological polar surface area (TPSA) is 23.5 Å². The molecule has 2 rings (SSSR count). The molecule has 0 spiro atoms. The van der Waals surface area contributed by atoms with Crippen LogP contribution in [-0.2, 0) is 6.18 Å². The summed E-state index contributed by atoms with van der Waals surface area (Å²) in [5.74, 6) is 0. The molecule has 0 aromatic heterocycles. The van der Waals surface area contributed by atoms with Crippen LogP contribution in [0.3, 0.4) is 0 Å². The first-order valence-corrected chi connectivity index (χ1v) is 6.90. The Morgan fingerprint density at radius 2 is 1.64 bits per heavy atom. The summed E-state index contributed by atoms with van der Waals surface area (Å²) in [5.41, 5.74) is 0.912. The van der Waals surface area contributed by atoms with Gasteiger partial charge in [-0.1, -0.05) is 23.7 Å². The van der Waals surface area contributed by atoms with Gasteiger partial charge in [-0.25, -0.2) is 0 Å². The zero-order valence-corrected chi connectivity index (χ0v) is 12.8. The largest absolute Gasteiger partial charge is 0.416 e. The molecule has 0 heterocycles. The lowest BCUT2D eigenvalue weighted by Gasteiger charge is -2.21. The molecule has 22 heavy (non-hydrogen) atoms. The molecule has 0 aliphatic heterocycles. The SMILES string of the molecule is CN(C)c1ccc(Cl)cc1C(O)c1ccc(C(F)(F)F)cc1. The second-order valence-corrected chi connectivity index (χ2v) is 5.56. The van der Waals surface area contributed by atoms with Crippen LogP contribution in [0.15, 0.2) is 42.5 Å². The Hall–Kier alpha value is -1.72. The summed E-state index contributed by atoms with van der Waals surface area (Å²) < 4.78 is 37.7. The van der Waals surface area contributed by atoms with E-state index in [0.29, 0.717) is 16.1 Å². The quantitative estimate of drug-likeness (QED) is 0.895. The number of aliphatic hydroxyl groups is 1. The predicted octanol–water partition coefficient (Wildman–Crippen LogP) is 4.51. The lowest BCUT2D eigenvalue weighted by molar-refractivity contribution is -0.137. The van der Waals surface area contributed by atoms with Gasteiger partial charge in [-0.15, -0.1) is 0 Å². The molecule has 1 atom stereocenters. The molecular formula is C16H15ClF3NO. The molecular weight excluding hydrogens is 315 g/mol. The third kappa shape index (κ3) is 3.54. The van der Waals surface area contributed by atoms with E-state index in [2.05, 4.69) is 0 Å². The Bertz CT molecular complexity index is 653. The normalized spacial score (nSPS) is 13.0. The zero-order valence-electron chi connectivity index (χ0n) is 12.0. The van der Waals surface area contributed by atoms with E-state index in [1.807, 2.05) is 14.1 Å². The van der Waals surface area contributed by atoms with Gasteiger partial charge in [0.2, 0.25) is 0 Å². The van der Waals surface area contributed by atoms with Gasteiger partial charge in [-0.2, -0.15) is 13.2 Å². The Labute approximate surface area is 131 Å². The van der Waals surface area contributed by atoms with E-state index in [1.54, 1.807) is 23.1 Å². The van der Waals surface area contributed by atoms with Gasteiger partial charge in [0.15, 0.2) is 0 Å². The third-order valence-corrected chi connectivity index (χ3v) is 3.55. The highest BCUT2D eigenvalue weighted by molar-refractivity contribution is 6.30. The van der Waals surface area contributed by atoms with E-state index < -0.39 is 17.8 Å². The first-order chi connectivity index (χ1) is 10.2. The van der Waals surface area contributed by atoms with Crippen molar-refractivity contribution in [2.24, 2.45) is 0 Å². The van der Waals surface area contributed by atoms with Crippen molar-refractivity contribution in [1.29, 1.82) is 0 Å². The van der Waals surface area contributed by atoms with Gasteiger partial charge in [-0.05, 0) is 35.9 Å². The number of halogens is 4. The minimum absolute atomic E-state index is 0.373. The molecule has 118 valence electrons. The van der Waals surface area contributed by atoms with Gasteiger partial charge in [0.05, 0.1) is 5.56 Å². The molecule has 0 amide bonds. The predicted molar refractivity (Wildman–Crippen MR) is 81.3 cm³/mol. The van der Waals surface area contributed by atoms with Crippen molar-refractivity contribution in [1.82, 2.24) is 0 Å². The number of hydrogen-bond donors (Lipinski definition) is 1. The maximum Gasteiger partial charge on any atom is 0.416 e. The molecule has 0 bridgehead atoms. The van der Waals surface area contributed by atoms with Gasteiger partial charge in [0.25, 0.3) is 0 Å². The van der Waals surface area contributed by atoms with Gasteiger partial charge >= 0.3 is 6.18 Å². The Morgan fingerprint density at radius 3 is 2.14 bits per heavy atom. The lowest BCUT2D eigenvalue weighted by atomic mass is 9.98.